The Hall–Kier alpha value is -0.120. The number of alkyl halides is 1. The highest BCUT2D eigenvalue weighted by Crippen LogP contribution is 2.32. The molecule has 2 atom stereocenters. The molecular formula is C12H16Cl2N2S. The SMILES string of the molecule is CC1SCCN(c2ncc(CCl)cc2Cl)C1C. The summed E-state index contributed by atoms with van der Waals surface area (Å²) in [6.45, 7) is 5.48. The number of nitrogens with zero attached hydrogens (tertiary/aromatic N) is 2. The molecule has 1 saturated heterocycles. The molecule has 2 unspecified atom stereocenters. The summed E-state index contributed by atoms with van der Waals surface area (Å²) in [5, 5.41) is 1.31. The Morgan fingerprint density at radius 2 is 2.29 bits per heavy atom. The van der Waals surface area contributed by atoms with Crippen LogP contribution in [0, 0.1) is 0 Å². The molecule has 1 aliphatic heterocycles. The zero-order valence-electron chi connectivity index (χ0n) is 9.99. The van der Waals surface area contributed by atoms with Crippen molar-refractivity contribution in [3.05, 3.63) is 22.8 Å². The van der Waals surface area contributed by atoms with Crippen LogP contribution in [-0.4, -0.2) is 28.6 Å². The van der Waals surface area contributed by atoms with Gasteiger partial charge in [0.1, 0.15) is 5.82 Å². The van der Waals surface area contributed by atoms with Crippen LogP contribution >= 0.6 is 35.0 Å². The summed E-state index contributed by atoms with van der Waals surface area (Å²) in [7, 11) is 0. The van der Waals surface area contributed by atoms with Crippen molar-refractivity contribution in [3.8, 4) is 0 Å². The second-order valence-corrected chi connectivity index (χ2v) is 6.45. The van der Waals surface area contributed by atoms with E-state index in [0.717, 1.165) is 23.7 Å². The Balaban J connectivity index is 2.27. The molecule has 0 N–H and O–H groups in total. The van der Waals surface area contributed by atoms with Gasteiger partial charge in [0.25, 0.3) is 0 Å². The van der Waals surface area contributed by atoms with Gasteiger partial charge in [0, 0.05) is 35.7 Å². The predicted molar refractivity (Wildman–Crippen MR) is 77.5 cm³/mol. The summed E-state index contributed by atoms with van der Waals surface area (Å²) in [4.78, 5) is 6.75. The van der Waals surface area contributed by atoms with Gasteiger partial charge < -0.3 is 4.90 Å². The summed E-state index contributed by atoms with van der Waals surface area (Å²) in [6, 6.07) is 2.37. The molecule has 1 aliphatic rings. The minimum absolute atomic E-state index is 0.453. The number of hydrogen-bond donors (Lipinski definition) is 0. The third-order valence-electron chi connectivity index (χ3n) is 3.19. The molecule has 5 heteroatoms. The van der Waals surface area contributed by atoms with Crippen molar-refractivity contribution in [2.75, 3.05) is 17.2 Å². The number of thioether (sulfide) groups is 1. The molecule has 17 heavy (non-hydrogen) atoms. The van der Waals surface area contributed by atoms with E-state index in [9.17, 15) is 0 Å². The summed E-state index contributed by atoms with van der Waals surface area (Å²) in [6.07, 6.45) is 1.81. The van der Waals surface area contributed by atoms with Crippen molar-refractivity contribution >= 4 is 40.8 Å². The van der Waals surface area contributed by atoms with Crippen molar-refractivity contribution in [2.45, 2.75) is 31.0 Å². The second-order valence-electron chi connectivity index (χ2n) is 4.29. The van der Waals surface area contributed by atoms with Gasteiger partial charge >= 0.3 is 0 Å². The highest BCUT2D eigenvalue weighted by molar-refractivity contribution is 8.00. The van der Waals surface area contributed by atoms with Gasteiger partial charge in [-0.3, -0.25) is 0 Å². The van der Waals surface area contributed by atoms with E-state index in [1.54, 1.807) is 0 Å². The molecule has 0 radical (unpaired) electrons. The first-order valence-electron chi connectivity index (χ1n) is 5.72. The van der Waals surface area contributed by atoms with Crippen molar-refractivity contribution in [3.63, 3.8) is 0 Å². The van der Waals surface area contributed by atoms with Crippen LogP contribution in [0.15, 0.2) is 12.3 Å². The minimum atomic E-state index is 0.453. The van der Waals surface area contributed by atoms with E-state index in [4.69, 9.17) is 23.2 Å². The van der Waals surface area contributed by atoms with E-state index in [-0.39, 0.29) is 0 Å². The van der Waals surface area contributed by atoms with Crippen LogP contribution in [0.1, 0.15) is 19.4 Å². The Morgan fingerprint density at radius 3 is 2.94 bits per heavy atom. The third-order valence-corrected chi connectivity index (χ3v) is 5.11. The van der Waals surface area contributed by atoms with Crippen molar-refractivity contribution in [1.29, 1.82) is 0 Å². The molecule has 0 amide bonds. The van der Waals surface area contributed by atoms with Crippen LogP contribution in [-0.2, 0) is 5.88 Å². The molecule has 1 aromatic rings. The van der Waals surface area contributed by atoms with E-state index in [1.165, 1.54) is 0 Å². The van der Waals surface area contributed by atoms with Crippen LogP contribution in [0.2, 0.25) is 5.02 Å². The molecule has 0 saturated carbocycles. The molecule has 0 aromatic carbocycles. The summed E-state index contributed by atoms with van der Waals surface area (Å²) < 4.78 is 0. The molecule has 0 spiro atoms. The monoisotopic (exact) mass is 290 g/mol. The van der Waals surface area contributed by atoms with E-state index in [1.807, 2.05) is 24.0 Å². The van der Waals surface area contributed by atoms with Crippen LogP contribution in [0.5, 0.6) is 0 Å². The molecular weight excluding hydrogens is 275 g/mol. The number of rotatable bonds is 2. The zero-order valence-corrected chi connectivity index (χ0v) is 12.3. The topological polar surface area (TPSA) is 16.1 Å². The summed E-state index contributed by atoms with van der Waals surface area (Å²) in [5.41, 5.74) is 0.965. The Bertz CT molecular complexity index is 400. The number of pyridine rings is 1. The van der Waals surface area contributed by atoms with Gasteiger partial charge in [0.05, 0.1) is 5.02 Å². The minimum Gasteiger partial charge on any atom is -0.351 e. The maximum atomic E-state index is 6.28. The summed E-state index contributed by atoms with van der Waals surface area (Å²) in [5.74, 6) is 2.47. The number of anilines is 1. The molecule has 2 heterocycles. The van der Waals surface area contributed by atoms with Gasteiger partial charge in [-0.15, -0.1) is 11.6 Å². The third kappa shape index (κ3) is 2.83. The molecule has 2 rings (SSSR count). The number of halogens is 2. The first kappa shape index (κ1) is 13.3. The number of aromatic nitrogens is 1. The Morgan fingerprint density at radius 1 is 1.53 bits per heavy atom. The lowest BCUT2D eigenvalue weighted by Gasteiger charge is -2.38. The molecule has 0 bridgehead atoms. The molecule has 2 nitrogen and oxygen atoms in total. The van der Waals surface area contributed by atoms with E-state index >= 15 is 0 Å². The average molecular weight is 291 g/mol. The molecule has 1 aromatic heterocycles. The number of hydrogen-bond acceptors (Lipinski definition) is 3. The van der Waals surface area contributed by atoms with Gasteiger partial charge in [-0.1, -0.05) is 18.5 Å². The molecule has 94 valence electrons. The fraction of sp³-hybridized carbons (Fsp3) is 0.583. The molecule has 0 aliphatic carbocycles. The van der Waals surface area contributed by atoms with Gasteiger partial charge in [-0.2, -0.15) is 11.8 Å². The van der Waals surface area contributed by atoms with Gasteiger partial charge in [-0.05, 0) is 18.6 Å². The highest BCUT2D eigenvalue weighted by Gasteiger charge is 2.27. The van der Waals surface area contributed by atoms with Crippen molar-refractivity contribution < 1.29 is 0 Å². The quantitative estimate of drug-likeness (QED) is 0.771. The van der Waals surface area contributed by atoms with Crippen LogP contribution < -0.4 is 4.90 Å². The Labute approximate surface area is 117 Å². The predicted octanol–water partition coefficient (Wildman–Crippen LogP) is 3.80. The van der Waals surface area contributed by atoms with E-state index < -0.39 is 0 Å². The lowest BCUT2D eigenvalue weighted by Crippen LogP contribution is -2.45. The Kier molecular flexibility index (Phi) is 4.45. The smallest absolute Gasteiger partial charge is 0.147 e. The van der Waals surface area contributed by atoms with Gasteiger partial charge in [0.2, 0.25) is 0 Å². The maximum Gasteiger partial charge on any atom is 0.147 e. The first-order valence-corrected chi connectivity index (χ1v) is 7.68. The lowest BCUT2D eigenvalue weighted by atomic mass is 10.2. The van der Waals surface area contributed by atoms with Crippen LogP contribution in [0.25, 0.3) is 0 Å². The lowest BCUT2D eigenvalue weighted by molar-refractivity contribution is 0.620. The van der Waals surface area contributed by atoms with Crippen molar-refractivity contribution in [2.24, 2.45) is 0 Å². The molecule has 1 fully saturated rings. The largest absolute Gasteiger partial charge is 0.351 e. The van der Waals surface area contributed by atoms with Crippen LogP contribution in [0.3, 0.4) is 0 Å². The first-order chi connectivity index (χ1) is 8.13. The average Bonchev–Trinajstić information content (AvgIpc) is 2.33. The fourth-order valence-corrected chi connectivity index (χ4v) is 3.53. The van der Waals surface area contributed by atoms with Crippen LogP contribution in [0.4, 0.5) is 5.82 Å². The van der Waals surface area contributed by atoms with Gasteiger partial charge in [-0.25, -0.2) is 4.98 Å². The van der Waals surface area contributed by atoms with Crippen molar-refractivity contribution in [1.82, 2.24) is 4.98 Å². The van der Waals surface area contributed by atoms with E-state index in [0.29, 0.717) is 22.2 Å². The highest BCUT2D eigenvalue weighted by atomic mass is 35.5. The zero-order chi connectivity index (χ0) is 12.4. The van der Waals surface area contributed by atoms with E-state index in [2.05, 4.69) is 23.7 Å². The standard InChI is InChI=1S/C12H16Cl2N2S/c1-8-9(2)17-4-3-16(8)12-11(14)5-10(6-13)7-15-12/h5,7-9H,3-4,6H2,1-2H3. The normalized spacial score (nSPS) is 25.1. The summed E-state index contributed by atoms with van der Waals surface area (Å²) >= 11 is 14.1. The van der Waals surface area contributed by atoms with Gasteiger partial charge in [0.15, 0.2) is 0 Å². The fourth-order valence-electron chi connectivity index (χ4n) is 1.99. The second kappa shape index (κ2) is 5.68. The maximum absolute atomic E-state index is 6.28.